The fourth-order valence-electron chi connectivity index (χ4n) is 3.60. The lowest BCUT2D eigenvalue weighted by Crippen LogP contribution is -2.38. The van der Waals surface area contributed by atoms with Crippen LogP contribution in [0.25, 0.3) is 5.69 Å². The number of likely N-dealkylation sites (N-methyl/N-ethyl adjacent to an activating group) is 1. The summed E-state index contributed by atoms with van der Waals surface area (Å²) in [7, 11) is 0. The molecule has 35 heavy (non-hydrogen) atoms. The van der Waals surface area contributed by atoms with Gasteiger partial charge in [0.2, 0.25) is 5.91 Å². The van der Waals surface area contributed by atoms with E-state index in [4.69, 9.17) is 5.10 Å². The average Bonchev–Trinajstić information content (AvgIpc) is 3.21. The fraction of sp³-hybridized carbons (Fsp3) is 0.346. The van der Waals surface area contributed by atoms with Gasteiger partial charge in [-0.25, -0.2) is 4.68 Å². The Labute approximate surface area is 204 Å². The van der Waals surface area contributed by atoms with Crippen molar-refractivity contribution in [1.29, 1.82) is 0 Å². The van der Waals surface area contributed by atoms with Gasteiger partial charge in [-0.1, -0.05) is 39.0 Å². The van der Waals surface area contributed by atoms with Gasteiger partial charge in [0.15, 0.2) is 0 Å². The van der Waals surface area contributed by atoms with E-state index >= 15 is 0 Å². The van der Waals surface area contributed by atoms with Crippen LogP contribution in [0.2, 0.25) is 0 Å². The Bertz CT molecular complexity index is 1270. The maximum Gasteiger partial charge on any atom is 0.273 e. The number of aryl methyl sites for hydroxylation is 2. The van der Waals surface area contributed by atoms with E-state index in [9.17, 15) is 19.7 Å². The summed E-state index contributed by atoms with van der Waals surface area (Å²) < 4.78 is 1.69. The molecule has 3 aromatic rings. The van der Waals surface area contributed by atoms with Crippen LogP contribution in [0.15, 0.2) is 48.5 Å². The molecular formula is C26H31N5O4. The number of hydrogen-bond acceptors (Lipinski definition) is 5. The summed E-state index contributed by atoms with van der Waals surface area (Å²) >= 11 is 0. The highest BCUT2D eigenvalue weighted by Crippen LogP contribution is 2.27. The minimum atomic E-state index is -0.519. The van der Waals surface area contributed by atoms with Crippen LogP contribution in [0.3, 0.4) is 0 Å². The number of aromatic nitrogens is 2. The van der Waals surface area contributed by atoms with Crippen molar-refractivity contribution in [2.75, 3.05) is 18.4 Å². The smallest absolute Gasteiger partial charge is 0.273 e. The Hall–Kier alpha value is -4.01. The van der Waals surface area contributed by atoms with Crippen LogP contribution < -0.4 is 5.32 Å². The molecule has 1 heterocycles. The van der Waals surface area contributed by atoms with Gasteiger partial charge in [-0.15, -0.1) is 0 Å². The number of anilines is 1. The van der Waals surface area contributed by atoms with Crippen LogP contribution in [-0.4, -0.2) is 44.5 Å². The summed E-state index contributed by atoms with van der Waals surface area (Å²) in [6, 6.07) is 13.9. The maximum atomic E-state index is 13.0. The fourth-order valence-corrected chi connectivity index (χ4v) is 3.60. The van der Waals surface area contributed by atoms with Crippen LogP contribution in [0, 0.1) is 24.0 Å². The Balaban J connectivity index is 1.85. The highest BCUT2D eigenvalue weighted by atomic mass is 16.6. The molecule has 1 N–H and O–H groups in total. The lowest BCUT2D eigenvalue weighted by Gasteiger charge is -2.20. The molecule has 2 amide bonds. The molecule has 0 spiro atoms. The summed E-state index contributed by atoms with van der Waals surface area (Å²) in [6.45, 7) is 11.5. The molecule has 0 bridgehead atoms. The van der Waals surface area contributed by atoms with Crippen molar-refractivity contribution in [2.24, 2.45) is 0 Å². The van der Waals surface area contributed by atoms with Gasteiger partial charge in [0.25, 0.3) is 11.6 Å². The number of nitro benzene ring substituents is 1. The quantitative estimate of drug-likeness (QED) is 0.388. The first-order valence-electron chi connectivity index (χ1n) is 11.4. The minimum absolute atomic E-state index is 0.131. The van der Waals surface area contributed by atoms with Gasteiger partial charge in [0, 0.05) is 35.2 Å². The van der Waals surface area contributed by atoms with Crippen molar-refractivity contribution in [2.45, 2.75) is 47.0 Å². The van der Waals surface area contributed by atoms with Gasteiger partial charge in [-0.2, -0.15) is 5.10 Å². The van der Waals surface area contributed by atoms with Gasteiger partial charge in [0.05, 0.1) is 16.3 Å². The Kier molecular flexibility index (Phi) is 7.38. The second kappa shape index (κ2) is 10.1. The normalized spacial score (nSPS) is 11.3. The zero-order valence-corrected chi connectivity index (χ0v) is 21.0. The van der Waals surface area contributed by atoms with Crippen molar-refractivity contribution in [1.82, 2.24) is 14.7 Å². The molecule has 0 radical (unpaired) electrons. The average molecular weight is 478 g/mol. The third-order valence-electron chi connectivity index (χ3n) is 5.65. The number of benzene rings is 2. The molecule has 0 saturated carbocycles. The number of nitrogens with one attached hydrogen (secondary N) is 1. The number of rotatable bonds is 7. The monoisotopic (exact) mass is 477 g/mol. The molecule has 0 fully saturated rings. The van der Waals surface area contributed by atoms with E-state index in [-0.39, 0.29) is 29.8 Å². The summed E-state index contributed by atoms with van der Waals surface area (Å²) in [4.78, 5) is 38.1. The Morgan fingerprint density at radius 2 is 1.83 bits per heavy atom. The Morgan fingerprint density at radius 3 is 2.43 bits per heavy atom. The molecule has 2 aromatic carbocycles. The van der Waals surface area contributed by atoms with Crippen LogP contribution in [0.5, 0.6) is 0 Å². The summed E-state index contributed by atoms with van der Waals surface area (Å²) in [6.07, 6.45) is 0. The standard InChI is InChI=1S/C26H31N5O4/c1-7-29(25(33)19-12-11-18(3)21(14-19)31(34)35)16-24(32)27-23-15-22(26(4,5)6)28-30(23)20-10-8-9-17(2)13-20/h8-15H,7,16H2,1-6H3,(H,27,32). The molecule has 1 aromatic heterocycles. The molecule has 9 nitrogen and oxygen atoms in total. The zero-order chi connectivity index (χ0) is 25.9. The van der Waals surface area contributed by atoms with E-state index in [1.165, 1.54) is 23.1 Å². The largest absolute Gasteiger partial charge is 0.330 e. The first kappa shape index (κ1) is 25.6. The van der Waals surface area contributed by atoms with Gasteiger partial charge in [-0.3, -0.25) is 19.7 Å². The number of hydrogen-bond donors (Lipinski definition) is 1. The van der Waals surface area contributed by atoms with Crippen LogP contribution in [0.4, 0.5) is 11.5 Å². The SMILES string of the molecule is CCN(CC(=O)Nc1cc(C(C)(C)C)nn1-c1cccc(C)c1)C(=O)c1ccc(C)c([N+](=O)[O-])c1. The zero-order valence-electron chi connectivity index (χ0n) is 21.0. The number of nitrogens with zero attached hydrogens (tertiary/aromatic N) is 4. The number of carbonyl (C=O) groups excluding carboxylic acids is 2. The van der Waals surface area contributed by atoms with Gasteiger partial charge < -0.3 is 10.2 Å². The third kappa shape index (κ3) is 5.92. The number of carbonyl (C=O) groups is 2. The lowest BCUT2D eigenvalue weighted by atomic mass is 9.92. The summed E-state index contributed by atoms with van der Waals surface area (Å²) in [5, 5.41) is 18.9. The molecule has 0 aliphatic rings. The summed E-state index contributed by atoms with van der Waals surface area (Å²) in [5.41, 5.74) is 2.94. The van der Waals surface area contributed by atoms with Crippen molar-refractivity contribution in [3.63, 3.8) is 0 Å². The van der Waals surface area contributed by atoms with Crippen LogP contribution in [-0.2, 0) is 10.2 Å². The van der Waals surface area contributed by atoms with Crippen molar-refractivity contribution < 1.29 is 14.5 Å². The van der Waals surface area contributed by atoms with E-state index in [0.717, 1.165) is 16.9 Å². The lowest BCUT2D eigenvalue weighted by molar-refractivity contribution is -0.385. The third-order valence-corrected chi connectivity index (χ3v) is 5.65. The van der Waals surface area contributed by atoms with E-state index in [1.54, 1.807) is 18.5 Å². The van der Waals surface area contributed by atoms with Gasteiger partial charge in [-0.05, 0) is 44.5 Å². The van der Waals surface area contributed by atoms with Crippen LogP contribution >= 0.6 is 0 Å². The second-order valence-corrected chi connectivity index (χ2v) is 9.54. The molecule has 0 aliphatic heterocycles. The number of nitro groups is 1. The van der Waals surface area contributed by atoms with E-state index < -0.39 is 16.7 Å². The van der Waals surface area contributed by atoms with Gasteiger partial charge >= 0.3 is 0 Å². The van der Waals surface area contributed by atoms with Crippen LogP contribution in [0.1, 0.15) is 54.9 Å². The summed E-state index contributed by atoms with van der Waals surface area (Å²) in [5.74, 6) is -0.343. The van der Waals surface area contributed by atoms with Gasteiger partial charge in [0.1, 0.15) is 12.4 Å². The molecule has 0 unspecified atom stereocenters. The van der Waals surface area contributed by atoms with E-state index in [0.29, 0.717) is 11.4 Å². The predicted molar refractivity (Wildman–Crippen MR) is 135 cm³/mol. The number of amides is 2. The van der Waals surface area contributed by atoms with Crippen molar-refractivity contribution in [3.8, 4) is 5.69 Å². The topological polar surface area (TPSA) is 110 Å². The first-order valence-corrected chi connectivity index (χ1v) is 11.4. The van der Waals surface area contributed by atoms with Crippen molar-refractivity contribution >= 4 is 23.3 Å². The predicted octanol–water partition coefficient (Wildman–Crippen LogP) is 4.80. The van der Waals surface area contributed by atoms with E-state index in [2.05, 4.69) is 5.32 Å². The molecule has 3 rings (SSSR count). The molecule has 9 heteroatoms. The Morgan fingerprint density at radius 1 is 1.11 bits per heavy atom. The molecule has 0 atom stereocenters. The highest BCUT2D eigenvalue weighted by molar-refractivity contribution is 5.99. The maximum absolute atomic E-state index is 13.0. The molecule has 0 saturated heterocycles. The highest BCUT2D eigenvalue weighted by Gasteiger charge is 2.24. The second-order valence-electron chi connectivity index (χ2n) is 9.54. The molecule has 0 aliphatic carbocycles. The first-order chi connectivity index (χ1) is 16.4. The van der Waals surface area contributed by atoms with E-state index in [1.807, 2.05) is 58.0 Å². The minimum Gasteiger partial charge on any atom is -0.330 e. The van der Waals surface area contributed by atoms with Crippen molar-refractivity contribution in [3.05, 3.63) is 81.0 Å². The molecular weight excluding hydrogens is 446 g/mol. The molecule has 184 valence electrons.